The number of hydrogen-bond acceptors (Lipinski definition) is 5. The Labute approximate surface area is 160 Å². The molecule has 3 rings (SSSR count). The highest BCUT2D eigenvalue weighted by molar-refractivity contribution is 6.09. The van der Waals surface area contributed by atoms with Gasteiger partial charge in [-0.2, -0.15) is 5.10 Å². The van der Waals surface area contributed by atoms with Crippen molar-refractivity contribution < 1.29 is 19.1 Å². The lowest BCUT2D eigenvalue weighted by Gasteiger charge is -2.32. The van der Waals surface area contributed by atoms with E-state index in [1.165, 1.54) is 0 Å². The molecule has 0 atom stereocenters. The van der Waals surface area contributed by atoms with Crippen LogP contribution in [-0.2, 0) is 16.6 Å². The zero-order valence-electron chi connectivity index (χ0n) is 16.7. The largest absolute Gasteiger partial charge is 0.444 e. The van der Waals surface area contributed by atoms with Gasteiger partial charge in [-0.1, -0.05) is 0 Å². The van der Waals surface area contributed by atoms with Crippen LogP contribution in [-0.4, -0.2) is 51.0 Å². The monoisotopic (exact) mass is 375 g/mol. The van der Waals surface area contributed by atoms with Crippen molar-refractivity contribution in [3.8, 4) is 0 Å². The molecule has 0 unspecified atom stereocenters. The Morgan fingerprint density at radius 3 is 2.33 bits per heavy atom. The summed E-state index contributed by atoms with van der Waals surface area (Å²) in [4.78, 5) is 39.0. The molecule has 0 spiro atoms. The van der Waals surface area contributed by atoms with Gasteiger partial charge in [0.2, 0.25) is 0 Å². The van der Waals surface area contributed by atoms with Gasteiger partial charge in [0.15, 0.2) is 5.78 Å². The molecule has 0 aromatic carbocycles. The standard InChI is InChI=1S/C20H29N3O4/c1-20(2,3)27-19(26)23-9-7-13(8-10-23)16(24)11-17(25)15-12-21-22(4)18(15)14-5-6-14/h12-14H,5-11H2,1-4H3. The Hall–Kier alpha value is -2.18. The molecule has 2 aliphatic rings. The number of aryl methyl sites for hydroxylation is 1. The summed E-state index contributed by atoms with van der Waals surface area (Å²) in [5, 5.41) is 4.20. The highest BCUT2D eigenvalue weighted by atomic mass is 16.6. The molecule has 2 heterocycles. The van der Waals surface area contributed by atoms with Gasteiger partial charge in [0.1, 0.15) is 11.4 Å². The first-order chi connectivity index (χ1) is 12.7. The van der Waals surface area contributed by atoms with Crippen LogP contribution in [0.15, 0.2) is 6.20 Å². The molecule has 1 aromatic heterocycles. The van der Waals surface area contributed by atoms with Crippen LogP contribution < -0.4 is 0 Å². The van der Waals surface area contributed by atoms with E-state index in [2.05, 4.69) is 5.10 Å². The minimum Gasteiger partial charge on any atom is -0.444 e. The number of hydrogen-bond donors (Lipinski definition) is 0. The van der Waals surface area contributed by atoms with Crippen molar-refractivity contribution in [1.82, 2.24) is 14.7 Å². The molecule has 1 saturated carbocycles. The van der Waals surface area contributed by atoms with Crippen molar-refractivity contribution in [3.63, 3.8) is 0 Å². The lowest BCUT2D eigenvalue weighted by molar-refractivity contribution is -0.123. The van der Waals surface area contributed by atoms with Gasteiger partial charge in [-0.15, -0.1) is 0 Å². The first-order valence-corrected chi connectivity index (χ1v) is 9.71. The fourth-order valence-electron chi connectivity index (χ4n) is 3.61. The molecule has 1 aromatic rings. The lowest BCUT2D eigenvalue weighted by Crippen LogP contribution is -2.43. The van der Waals surface area contributed by atoms with Crippen LogP contribution in [0.2, 0.25) is 0 Å². The molecule has 1 saturated heterocycles. The first kappa shape index (κ1) is 19.6. The maximum Gasteiger partial charge on any atom is 0.410 e. The van der Waals surface area contributed by atoms with E-state index in [9.17, 15) is 14.4 Å². The van der Waals surface area contributed by atoms with E-state index >= 15 is 0 Å². The number of ketones is 2. The van der Waals surface area contributed by atoms with Crippen molar-refractivity contribution in [2.75, 3.05) is 13.1 Å². The molecule has 7 nitrogen and oxygen atoms in total. The van der Waals surface area contributed by atoms with E-state index in [-0.39, 0.29) is 30.0 Å². The van der Waals surface area contributed by atoms with Gasteiger partial charge in [-0.05, 0) is 46.5 Å². The van der Waals surface area contributed by atoms with Gasteiger partial charge in [0, 0.05) is 32.0 Å². The Morgan fingerprint density at radius 1 is 1.15 bits per heavy atom. The third kappa shape index (κ3) is 4.76. The highest BCUT2D eigenvalue weighted by Crippen LogP contribution is 2.41. The number of ether oxygens (including phenoxy) is 1. The summed E-state index contributed by atoms with van der Waals surface area (Å²) >= 11 is 0. The summed E-state index contributed by atoms with van der Waals surface area (Å²) in [6.45, 7) is 6.48. The second-order valence-electron chi connectivity index (χ2n) is 8.65. The molecule has 1 amide bonds. The van der Waals surface area contributed by atoms with E-state index in [1.54, 1.807) is 15.8 Å². The summed E-state index contributed by atoms with van der Waals surface area (Å²) in [5.41, 5.74) is 1.03. The number of Topliss-reactive ketones (excluding diaryl/α,β-unsaturated/α-hetero) is 2. The van der Waals surface area contributed by atoms with Crippen LogP contribution in [0.25, 0.3) is 0 Å². The van der Waals surface area contributed by atoms with Crippen molar-refractivity contribution in [3.05, 3.63) is 17.5 Å². The Bertz CT molecular complexity index is 735. The third-order valence-corrected chi connectivity index (χ3v) is 5.19. The zero-order valence-corrected chi connectivity index (χ0v) is 16.7. The normalized spacial score (nSPS) is 18.4. The molecular weight excluding hydrogens is 346 g/mol. The van der Waals surface area contributed by atoms with Gasteiger partial charge in [0.05, 0.1) is 23.9 Å². The number of rotatable bonds is 5. The predicted octanol–water partition coefficient (Wildman–Crippen LogP) is 3.09. The smallest absolute Gasteiger partial charge is 0.410 e. The number of carbonyl (C=O) groups excluding carboxylic acids is 3. The number of amides is 1. The van der Waals surface area contributed by atoms with Crippen molar-refractivity contribution in [2.45, 2.75) is 64.4 Å². The molecule has 0 radical (unpaired) electrons. The van der Waals surface area contributed by atoms with Crippen molar-refractivity contribution in [1.29, 1.82) is 0 Å². The third-order valence-electron chi connectivity index (χ3n) is 5.19. The summed E-state index contributed by atoms with van der Waals surface area (Å²) in [5.74, 6) is 0.0660. The van der Waals surface area contributed by atoms with E-state index in [4.69, 9.17) is 4.74 Å². The summed E-state index contributed by atoms with van der Waals surface area (Å²) in [6.07, 6.45) is 4.49. The Balaban J connectivity index is 1.53. The van der Waals surface area contributed by atoms with Crippen LogP contribution in [0, 0.1) is 5.92 Å². The molecule has 7 heteroatoms. The van der Waals surface area contributed by atoms with Gasteiger partial charge < -0.3 is 9.64 Å². The average Bonchev–Trinajstić information content (AvgIpc) is 3.35. The summed E-state index contributed by atoms with van der Waals surface area (Å²) in [6, 6.07) is 0. The number of aromatic nitrogens is 2. The van der Waals surface area contributed by atoms with E-state index < -0.39 is 5.60 Å². The zero-order chi connectivity index (χ0) is 19.8. The van der Waals surface area contributed by atoms with E-state index in [1.807, 2.05) is 27.8 Å². The molecule has 0 bridgehead atoms. The fourth-order valence-corrected chi connectivity index (χ4v) is 3.61. The van der Waals surface area contributed by atoms with Crippen LogP contribution in [0.4, 0.5) is 4.79 Å². The number of nitrogens with zero attached hydrogens (tertiary/aromatic N) is 3. The molecule has 1 aliphatic heterocycles. The molecule has 1 aliphatic carbocycles. The number of likely N-dealkylation sites (tertiary alicyclic amines) is 1. The minimum atomic E-state index is -0.529. The minimum absolute atomic E-state index is 0.0329. The predicted molar refractivity (Wildman–Crippen MR) is 99.7 cm³/mol. The maximum atomic E-state index is 12.6. The van der Waals surface area contributed by atoms with Crippen molar-refractivity contribution in [2.24, 2.45) is 13.0 Å². The summed E-state index contributed by atoms with van der Waals surface area (Å²) in [7, 11) is 1.85. The first-order valence-electron chi connectivity index (χ1n) is 9.71. The second kappa shape index (κ2) is 7.44. The SMILES string of the molecule is Cn1ncc(C(=O)CC(=O)C2CCN(C(=O)OC(C)(C)C)CC2)c1C1CC1. The van der Waals surface area contributed by atoms with E-state index in [0.717, 1.165) is 18.5 Å². The van der Waals surface area contributed by atoms with Gasteiger partial charge in [0.25, 0.3) is 0 Å². The van der Waals surface area contributed by atoms with Crippen LogP contribution in [0.3, 0.4) is 0 Å². The van der Waals surface area contributed by atoms with E-state index in [0.29, 0.717) is 37.4 Å². The van der Waals surface area contributed by atoms with Crippen molar-refractivity contribution >= 4 is 17.7 Å². The Morgan fingerprint density at radius 2 is 1.78 bits per heavy atom. The van der Waals surface area contributed by atoms with Crippen LogP contribution >= 0.6 is 0 Å². The quantitative estimate of drug-likeness (QED) is 0.583. The van der Waals surface area contributed by atoms with Crippen LogP contribution in [0.1, 0.15) is 74.8 Å². The second-order valence-corrected chi connectivity index (χ2v) is 8.65. The van der Waals surface area contributed by atoms with Gasteiger partial charge in [-0.25, -0.2) is 4.79 Å². The van der Waals surface area contributed by atoms with Gasteiger partial charge in [-0.3, -0.25) is 14.3 Å². The topological polar surface area (TPSA) is 81.5 Å². The molecule has 148 valence electrons. The fraction of sp³-hybridized carbons (Fsp3) is 0.700. The molecule has 2 fully saturated rings. The molecular formula is C20H29N3O4. The molecule has 0 N–H and O–H groups in total. The molecule has 27 heavy (non-hydrogen) atoms. The van der Waals surface area contributed by atoms with Gasteiger partial charge >= 0.3 is 6.09 Å². The number of carbonyl (C=O) groups is 3. The summed E-state index contributed by atoms with van der Waals surface area (Å²) < 4.78 is 7.14. The highest BCUT2D eigenvalue weighted by Gasteiger charge is 2.34. The lowest BCUT2D eigenvalue weighted by atomic mass is 9.89. The Kier molecular flexibility index (Phi) is 5.40. The number of piperidine rings is 1. The van der Waals surface area contributed by atoms with Crippen LogP contribution in [0.5, 0.6) is 0 Å². The average molecular weight is 375 g/mol. The maximum absolute atomic E-state index is 12.6.